The molecule has 0 atom stereocenters. The van der Waals surface area contributed by atoms with E-state index in [0.717, 1.165) is 19.4 Å². The van der Waals surface area contributed by atoms with Crippen LogP contribution in [0.3, 0.4) is 0 Å². The van der Waals surface area contributed by atoms with Crippen molar-refractivity contribution >= 4 is 5.82 Å². The molecule has 0 aliphatic carbocycles. The Hall–Kier alpha value is -1.16. The average molecular weight is 281 g/mol. The molecule has 1 aromatic rings. The Labute approximate surface area is 122 Å². The van der Waals surface area contributed by atoms with Crippen LogP contribution in [0.2, 0.25) is 0 Å². The Morgan fingerprint density at radius 2 is 1.90 bits per heavy atom. The van der Waals surface area contributed by atoms with E-state index < -0.39 is 0 Å². The molecule has 0 unspecified atom stereocenters. The highest BCUT2D eigenvalue weighted by molar-refractivity contribution is 5.39. The molecule has 0 amide bonds. The monoisotopic (exact) mass is 281 g/mol. The Bertz CT molecular complexity index is 409. The molecule has 0 spiro atoms. The lowest BCUT2D eigenvalue weighted by atomic mass is 10.0. The van der Waals surface area contributed by atoms with E-state index in [1.165, 1.54) is 0 Å². The average Bonchev–Trinajstić information content (AvgIpc) is 2.39. The van der Waals surface area contributed by atoms with E-state index in [4.69, 9.17) is 0 Å². The molecule has 20 heavy (non-hydrogen) atoms. The maximum atomic E-state index is 14.3. The molecule has 0 fully saturated rings. The summed E-state index contributed by atoms with van der Waals surface area (Å²) in [7, 11) is 0. The fourth-order valence-electron chi connectivity index (χ4n) is 1.92. The molecular formula is C16H28FN3. The molecule has 4 heteroatoms. The first-order chi connectivity index (χ1) is 9.37. The highest BCUT2D eigenvalue weighted by atomic mass is 19.1. The standard InChI is InChI=1S/C16H28FN3/c1-6-12(7-2)10-19-15-14(17)13(8-9-18-15)11-20-16(3,4)5/h8-9,12,20H,6-7,10-11H2,1-5H3,(H,18,19). The third-order valence-electron chi connectivity index (χ3n) is 3.49. The SMILES string of the molecule is CCC(CC)CNc1nccc(CNC(C)(C)C)c1F. The molecule has 0 saturated heterocycles. The van der Waals surface area contributed by atoms with Crippen molar-refractivity contribution in [1.29, 1.82) is 0 Å². The van der Waals surface area contributed by atoms with Gasteiger partial charge in [0.05, 0.1) is 0 Å². The summed E-state index contributed by atoms with van der Waals surface area (Å²) < 4.78 is 14.3. The van der Waals surface area contributed by atoms with E-state index in [1.54, 1.807) is 12.3 Å². The number of hydrogen-bond acceptors (Lipinski definition) is 3. The summed E-state index contributed by atoms with van der Waals surface area (Å²) >= 11 is 0. The lowest BCUT2D eigenvalue weighted by Gasteiger charge is -2.21. The highest BCUT2D eigenvalue weighted by Gasteiger charge is 2.14. The van der Waals surface area contributed by atoms with Crippen LogP contribution in [-0.2, 0) is 6.54 Å². The number of anilines is 1. The molecule has 0 aliphatic rings. The minimum atomic E-state index is -0.241. The molecule has 1 aromatic heterocycles. The largest absolute Gasteiger partial charge is 0.367 e. The predicted molar refractivity (Wildman–Crippen MR) is 83.3 cm³/mol. The number of rotatable bonds is 7. The molecule has 0 radical (unpaired) electrons. The third kappa shape index (κ3) is 5.45. The summed E-state index contributed by atoms with van der Waals surface area (Å²) in [5, 5.41) is 6.44. The normalized spacial score (nSPS) is 11.9. The Morgan fingerprint density at radius 1 is 1.25 bits per heavy atom. The van der Waals surface area contributed by atoms with E-state index >= 15 is 0 Å². The van der Waals surface area contributed by atoms with Gasteiger partial charge >= 0.3 is 0 Å². The van der Waals surface area contributed by atoms with Gasteiger partial charge in [-0.25, -0.2) is 9.37 Å². The van der Waals surface area contributed by atoms with Crippen molar-refractivity contribution in [2.24, 2.45) is 5.92 Å². The van der Waals surface area contributed by atoms with E-state index in [-0.39, 0.29) is 11.4 Å². The van der Waals surface area contributed by atoms with Crippen molar-refractivity contribution in [2.75, 3.05) is 11.9 Å². The minimum absolute atomic E-state index is 0.0289. The zero-order valence-electron chi connectivity index (χ0n) is 13.4. The minimum Gasteiger partial charge on any atom is -0.367 e. The van der Waals surface area contributed by atoms with Gasteiger partial charge in [-0.1, -0.05) is 26.7 Å². The van der Waals surface area contributed by atoms with Crippen LogP contribution in [0.5, 0.6) is 0 Å². The molecule has 0 aromatic carbocycles. The Kier molecular flexibility index (Phi) is 6.40. The maximum Gasteiger partial charge on any atom is 0.169 e. The first kappa shape index (κ1) is 16.9. The number of pyridine rings is 1. The van der Waals surface area contributed by atoms with Gasteiger partial charge in [-0.15, -0.1) is 0 Å². The molecule has 3 nitrogen and oxygen atoms in total. The molecule has 0 aliphatic heterocycles. The lowest BCUT2D eigenvalue weighted by molar-refractivity contribution is 0.418. The van der Waals surface area contributed by atoms with Crippen molar-refractivity contribution in [3.63, 3.8) is 0 Å². The Balaban J connectivity index is 2.69. The van der Waals surface area contributed by atoms with Crippen molar-refractivity contribution < 1.29 is 4.39 Å². The maximum absolute atomic E-state index is 14.3. The van der Waals surface area contributed by atoms with Crippen molar-refractivity contribution in [1.82, 2.24) is 10.3 Å². The summed E-state index contributed by atoms with van der Waals surface area (Å²) in [6, 6.07) is 1.73. The number of hydrogen-bond donors (Lipinski definition) is 2. The number of halogens is 1. The Morgan fingerprint density at radius 3 is 2.45 bits per heavy atom. The van der Waals surface area contributed by atoms with E-state index in [0.29, 0.717) is 23.8 Å². The van der Waals surface area contributed by atoms with Crippen LogP contribution in [0.4, 0.5) is 10.2 Å². The van der Waals surface area contributed by atoms with Crippen LogP contribution < -0.4 is 10.6 Å². The van der Waals surface area contributed by atoms with Crippen molar-refractivity contribution in [2.45, 2.75) is 59.5 Å². The molecular weight excluding hydrogens is 253 g/mol. The van der Waals surface area contributed by atoms with E-state index in [1.807, 2.05) is 0 Å². The smallest absolute Gasteiger partial charge is 0.169 e. The molecule has 1 heterocycles. The zero-order valence-corrected chi connectivity index (χ0v) is 13.4. The number of nitrogens with zero attached hydrogens (tertiary/aromatic N) is 1. The van der Waals surface area contributed by atoms with Gasteiger partial charge < -0.3 is 10.6 Å². The van der Waals surface area contributed by atoms with Gasteiger partial charge in [-0.3, -0.25) is 0 Å². The molecule has 2 N–H and O–H groups in total. The van der Waals surface area contributed by atoms with E-state index in [9.17, 15) is 4.39 Å². The molecule has 0 bridgehead atoms. The summed E-state index contributed by atoms with van der Waals surface area (Å²) in [5.74, 6) is 0.688. The summed E-state index contributed by atoms with van der Waals surface area (Å²) in [4.78, 5) is 4.11. The predicted octanol–water partition coefficient (Wildman–Crippen LogP) is 3.96. The quantitative estimate of drug-likeness (QED) is 0.794. The number of nitrogens with one attached hydrogen (secondary N) is 2. The third-order valence-corrected chi connectivity index (χ3v) is 3.49. The molecule has 114 valence electrons. The molecule has 0 saturated carbocycles. The topological polar surface area (TPSA) is 37.0 Å². The second-order valence-corrected chi connectivity index (χ2v) is 6.30. The van der Waals surface area contributed by atoms with Crippen LogP contribution >= 0.6 is 0 Å². The van der Waals surface area contributed by atoms with Crippen molar-refractivity contribution in [3.8, 4) is 0 Å². The van der Waals surface area contributed by atoms with Gasteiger partial charge in [0.2, 0.25) is 0 Å². The fraction of sp³-hybridized carbons (Fsp3) is 0.688. The van der Waals surface area contributed by atoms with Crippen LogP contribution in [-0.4, -0.2) is 17.1 Å². The molecule has 1 rings (SSSR count). The summed E-state index contributed by atoms with van der Waals surface area (Å²) in [6.07, 6.45) is 3.85. The first-order valence-electron chi connectivity index (χ1n) is 7.49. The van der Waals surface area contributed by atoms with Gasteiger partial charge in [0.25, 0.3) is 0 Å². The van der Waals surface area contributed by atoms with Gasteiger partial charge in [-0.05, 0) is 32.8 Å². The van der Waals surface area contributed by atoms with E-state index in [2.05, 4.69) is 50.2 Å². The second-order valence-electron chi connectivity index (χ2n) is 6.30. The second kappa shape index (κ2) is 7.58. The van der Waals surface area contributed by atoms with Gasteiger partial charge in [-0.2, -0.15) is 0 Å². The highest BCUT2D eigenvalue weighted by Crippen LogP contribution is 2.17. The summed E-state index contributed by atoms with van der Waals surface area (Å²) in [5.41, 5.74) is 0.626. The lowest BCUT2D eigenvalue weighted by Crippen LogP contribution is -2.35. The van der Waals surface area contributed by atoms with Gasteiger partial charge in [0.15, 0.2) is 11.6 Å². The summed E-state index contributed by atoms with van der Waals surface area (Å²) in [6.45, 7) is 11.8. The van der Waals surface area contributed by atoms with Gasteiger partial charge in [0, 0.05) is 30.4 Å². The van der Waals surface area contributed by atoms with Crippen molar-refractivity contribution in [3.05, 3.63) is 23.6 Å². The fourth-order valence-corrected chi connectivity index (χ4v) is 1.92. The van der Waals surface area contributed by atoms with Gasteiger partial charge in [0.1, 0.15) is 0 Å². The van der Waals surface area contributed by atoms with Crippen LogP contribution in [0.15, 0.2) is 12.3 Å². The van der Waals surface area contributed by atoms with Crippen LogP contribution in [0.1, 0.15) is 53.0 Å². The number of aromatic nitrogens is 1. The van der Waals surface area contributed by atoms with Crippen LogP contribution in [0, 0.1) is 11.7 Å². The zero-order chi connectivity index (χ0) is 15.2. The van der Waals surface area contributed by atoms with Crippen LogP contribution in [0.25, 0.3) is 0 Å². The first-order valence-corrected chi connectivity index (χ1v) is 7.49.